The zero-order chi connectivity index (χ0) is 16.6. The summed E-state index contributed by atoms with van der Waals surface area (Å²) >= 11 is 0. The lowest BCUT2D eigenvalue weighted by atomic mass is 10.1. The van der Waals surface area contributed by atoms with Gasteiger partial charge in [0.25, 0.3) is 0 Å². The Morgan fingerprint density at radius 2 is 1.86 bits per heavy atom. The maximum Gasteiger partial charge on any atom is 0.406 e. The molecule has 0 bridgehead atoms. The number of aliphatic carboxylic acids is 1. The second kappa shape index (κ2) is 8.29. The molecule has 0 rings (SSSR count). The van der Waals surface area contributed by atoms with E-state index in [0.29, 0.717) is 0 Å². The molecular formula is C10H16F3N3O5. The van der Waals surface area contributed by atoms with Crippen molar-refractivity contribution in [1.29, 1.82) is 0 Å². The Kier molecular flexibility index (Phi) is 7.49. The van der Waals surface area contributed by atoms with Crippen LogP contribution in [0.15, 0.2) is 0 Å². The molecule has 0 aliphatic heterocycles. The van der Waals surface area contributed by atoms with E-state index in [1.165, 1.54) is 0 Å². The first kappa shape index (κ1) is 19.0. The molecule has 0 aromatic carbocycles. The Morgan fingerprint density at radius 1 is 1.29 bits per heavy atom. The SMILES string of the molecule is NC(=O)CC[C@H](NC(=O)N(CCO)CC(F)(F)F)C(=O)O. The Balaban J connectivity index is 4.74. The van der Waals surface area contributed by atoms with E-state index in [2.05, 4.69) is 0 Å². The van der Waals surface area contributed by atoms with Gasteiger partial charge in [0, 0.05) is 13.0 Å². The lowest BCUT2D eigenvalue weighted by Crippen LogP contribution is -2.51. The van der Waals surface area contributed by atoms with Gasteiger partial charge in [0.2, 0.25) is 5.91 Å². The van der Waals surface area contributed by atoms with Gasteiger partial charge in [0.1, 0.15) is 12.6 Å². The highest BCUT2D eigenvalue weighted by Crippen LogP contribution is 2.16. The van der Waals surface area contributed by atoms with E-state index in [1.807, 2.05) is 5.32 Å². The van der Waals surface area contributed by atoms with E-state index in [-0.39, 0.29) is 17.7 Å². The molecule has 11 heteroatoms. The number of aliphatic hydroxyl groups excluding tert-OH is 1. The van der Waals surface area contributed by atoms with Gasteiger partial charge in [-0.3, -0.25) is 4.79 Å². The molecule has 0 aliphatic rings. The van der Waals surface area contributed by atoms with E-state index in [0.717, 1.165) is 0 Å². The summed E-state index contributed by atoms with van der Waals surface area (Å²) in [6, 6.07) is -2.86. The van der Waals surface area contributed by atoms with Gasteiger partial charge in [0.05, 0.1) is 6.61 Å². The number of primary amides is 1. The van der Waals surface area contributed by atoms with Crippen LogP contribution in [-0.2, 0) is 9.59 Å². The predicted molar refractivity (Wildman–Crippen MR) is 63.1 cm³/mol. The van der Waals surface area contributed by atoms with Crippen LogP contribution in [0.5, 0.6) is 0 Å². The first-order valence-corrected chi connectivity index (χ1v) is 5.81. The lowest BCUT2D eigenvalue weighted by Gasteiger charge is -2.25. The van der Waals surface area contributed by atoms with Gasteiger partial charge < -0.3 is 26.2 Å². The first-order chi connectivity index (χ1) is 9.56. The molecule has 8 nitrogen and oxygen atoms in total. The summed E-state index contributed by atoms with van der Waals surface area (Å²) in [5.74, 6) is -2.32. The standard InChI is InChI=1S/C10H16F3N3O5/c11-10(12,13)5-16(3-4-17)9(21)15-6(8(19)20)1-2-7(14)18/h6,17H,1-5H2,(H2,14,18)(H,15,21)(H,19,20)/t6-/m0/s1. The lowest BCUT2D eigenvalue weighted by molar-refractivity contribution is -0.141. The van der Waals surface area contributed by atoms with Gasteiger partial charge >= 0.3 is 18.2 Å². The van der Waals surface area contributed by atoms with Crippen LogP contribution in [0.25, 0.3) is 0 Å². The van der Waals surface area contributed by atoms with Crippen molar-refractivity contribution in [3.63, 3.8) is 0 Å². The van der Waals surface area contributed by atoms with Crippen molar-refractivity contribution in [3.05, 3.63) is 0 Å². The number of nitrogens with one attached hydrogen (secondary N) is 1. The Labute approximate surface area is 117 Å². The highest BCUT2D eigenvalue weighted by atomic mass is 19.4. The van der Waals surface area contributed by atoms with Gasteiger partial charge in [0.15, 0.2) is 0 Å². The van der Waals surface area contributed by atoms with Crippen LogP contribution < -0.4 is 11.1 Å². The highest BCUT2D eigenvalue weighted by Gasteiger charge is 2.34. The van der Waals surface area contributed by atoms with Crippen LogP contribution in [-0.4, -0.2) is 64.9 Å². The number of amides is 3. The van der Waals surface area contributed by atoms with Crippen molar-refractivity contribution >= 4 is 17.9 Å². The van der Waals surface area contributed by atoms with Gasteiger partial charge in [-0.05, 0) is 6.42 Å². The van der Waals surface area contributed by atoms with E-state index in [4.69, 9.17) is 15.9 Å². The number of nitrogens with two attached hydrogens (primary N) is 1. The largest absolute Gasteiger partial charge is 0.480 e. The highest BCUT2D eigenvalue weighted by molar-refractivity contribution is 5.83. The van der Waals surface area contributed by atoms with Crippen LogP contribution in [0.4, 0.5) is 18.0 Å². The Bertz CT molecular complexity index is 389. The molecule has 5 N–H and O–H groups in total. The van der Waals surface area contributed by atoms with E-state index < -0.39 is 49.8 Å². The number of halogens is 3. The number of hydrogen-bond acceptors (Lipinski definition) is 4. The summed E-state index contributed by atoms with van der Waals surface area (Å²) in [6.45, 7) is -2.97. The van der Waals surface area contributed by atoms with Crippen molar-refractivity contribution in [1.82, 2.24) is 10.2 Å². The molecule has 0 fully saturated rings. The zero-order valence-corrected chi connectivity index (χ0v) is 10.9. The second-order valence-electron chi connectivity index (χ2n) is 4.11. The maximum absolute atomic E-state index is 12.3. The second-order valence-corrected chi connectivity index (χ2v) is 4.11. The summed E-state index contributed by atoms with van der Waals surface area (Å²) in [6.07, 6.45) is -5.40. The maximum atomic E-state index is 12.3. The van der Waals surface area contributed by atoms with Crippen molar-refractivity contribution in [2.45, 2.75) is 25.1 Å². The third-order valence-electron chi connectivity index (χ3n) is 2.30. The number of alkyl halides is 3. The van der Waals surface area contributed by atoms with Crippen LogP contribution in [0.1, 0.15) is 12.8 Å². The molecule has 3 amide bonds. The monoisotopic (exact) mass is 315 g/mol. The molecule has 0 saturated heterocycles. The first-order valence-electron chi connectivity index (χ1n) is 5.81. The van der Waals surface area contributed by atoms with Crippen LogP contribution in [0.2, 0.25) is 0 Å². The molecule has 0 unspecified atom stereocenters. The molecule has 122 valence electrons. The molecule has 0 heterocycles. The minimum Gasteiger partial charge on any atom is -0.480 e. The minimum atomic E-state index is -4.70. The summed E-state index contributed by atoms with van der Waals surface area (Å²) in [7, 11) is 0. The molecule has 0 aromatic rings. The summed E-state index contributed by atoms with van der Waals surface area (Å²) < 4.78 is 36.8. The number of urea groups is 1. The van der Waals surface area contributed by atoms with Gasteiger partial charge in [-0.15, -0.1) is 0 Å². The third-order valence-corrected chi connectivity index (χ3v) is 2.30. The molecule has 0 spiro atoms. The van der Waals surface area contributed by atoms with E-state index in [9.17, 15) is 27.6 Å². The normalized spacial score (nSPS) is 12.6. The quantitative estimate of drug-likeness (QED) is 0.469. The number of carbonyl (C=O) groups is 3. The van der Waals surface area contributed by atoms with Crippen LogP contribution in [0, 0.1) is 0 Å². The topological polar surface area (TPSA) is 133 Å². The Morgan fingerprint density at radius 3 is 2.24 bits per heavy atom. The van der Waals surface area contributed by atoms with Crippen molar-refractivity contribution < 1.29 is 37.8 Å². The predicted octanol–water partition coefficient (Wildman–Crippen LogP) is -0.729. The molecular weight excluding hydrogens is 299 g/mol. The fourth-order valence-electron chi connectivity index (χ4n) is 1.37. The smallest absolute Gasteiger partial charge is 0.406 e. The number of carboxylic acids is 1. The fourth-order valence-corrected chi connectivity index (χ4v) is 1.37. The van der Waals surface area contributed by atoms with Crippen molar-refractivity contribution in [3.8, 4) is 0 Å². The minimum absolute atomic E-state index is 0.222. The number of hydrogen-bond donors (Lipinski definition) is 4. The molecule has 1 atom stereocenters. The molecule has 0 aromatic heterocycles. The van der Waals surface area contributed by atoms with E-state index >= 15 is 0 Å². The number of carboxylic acid groups (broad SMARTS) is 1. The molecule has 0 aliphatic carbocycles. The summed E-state index contributed by atoms with van der Waals surface area (Å²) in [4.78, 5) is 33.2. The zero-order valence-electron chi connectivity index (χ0n) is 10.9. The summed E-state index contributed by atoms with van der Waals surface area (Å²) in [5, 5.41) is 19.3. The van der Waals surface area contributed by atoms with Gasteiger partial charge in [-0.1, -0.05) is 0 Å². The molecule has 0 saturated carbocycles. The number of carbonyl (C=O) groups excluding carboxylic acids is 2. The van der Waals surface area contributed by atoms with E-state index in [1.54, 1.807) is 0 Å². The average molecular weight is 315 g/mol. The third kappa shape index (κ3) is 8.68. The number of nitrogens with zero attached hydrogens (tertiary/aromatic N) is 1. The summed E-state index contributed by atoms with van der Waals surface area (Å²) in [5.41, 5.74) is 4.83. The van der Waals surface area contributed by atoms with Crippen LogP contribution >= 0.6 is 0 Å². The van der Waals surface area contributed by atoms with Gasteiger partial charge in [-0.25, -0.2) is 9.59 Å². The van der Waals surface area contributed by atoms with Crippen molar-refractivity contribution in [2.75, 3.05) is 19.7 Å². The molecule has 21 heavy (non-hydrogen) atoms. The Hall–Kier alpha value is -2.04. The number of aliphatic hydroxyl groups is 1. The average Bonchev–Trinajstić information content (AvgIpc) is 2.31. The fraction of sp³-hybridized carbons (Fsp3) is 0.700. The van der Waals surface area contributed by atoms with Gasteiger partial charge in [-0.2, -0.15) is 13.2 Å². The van der Waals surface area contributed by atoms with Crippen molar-refractivity contribution in [2.24, 2.45) is 5.73 Å². The van der Waals surface area contributed by atoms with Crippen LogP contribution in [0.3, 0.4) is 0 Å². The molecule has 0 radical (unpaired) electrons. The number of rotatable bonds is 8.